The van der Waals surface area contributed by atoms with Crippen LogP contribution in [-0.4, -0.2) is 11.6 Å². The van der Waals surface area contributed by atoms with E-state index < -0.39 is 0 Å². The third-order valence-corrected chi connectivity index (χ3v) is 4.13. The van der Waals surface area contributed by atoms with E-state index in [1.165, 1.54) is 5.56 Å². The topological polar surface area (TPSA) is 41.5 Å². The van der Waals surface area contributed by atoms with Crippen molar-refractivity contribution in [1.82, 2.24) is 5.43 Å². The minimum atomic E-state index is -0.207. The summed E-state index contributed by atoms with van der Waals surface area (Å²) >= 11 is 3.40. The van der Waals surface area contributed by atoms with Gasteiger partial charge in [0.2, 0.25) is 0 Å². The highest BCUT2D eigenvalue weighted by Crippen LogP contribution is 2.22. The summed E-state index contributed by atoms with van der Waals surface area (Å²) in [5, 5.41) is 4.17. The molecule has 0 fully saturated rings. The van der Waals surface area contributed by atoms with Crippen LogP contribution in [0.5, 0.6) is 0 Å². The minimum absolute atomic E-state index is 0.0747. The van der Waals surface area contributed by atoms with Gasteiger partial charge in [-0.2, -0.15) is 5.10 Å². The number of nitrogens with zero attached hydrogens (tertiary/aromatic N) is 1. The molecule has 2 aromatic rings. The smallest absolute Gasteiger partial charge is 0.267 e. The third kappa shape index (κ3) is 4.76. The third-order valence-electron chi connectivity index (χ3n) is 3.60. The van der Waals surface area contributed by atoms with Crippen molar-refractivity contribution >= 4 is 27.5 Å². The number of hydrogen-bond acceptors (Lipinski definition) is 2. The van der Waals surface area contributed by atoms with E-state index in [9.17, 15) is 4.79 Å². The second-order valence-corrected chi connectivity index (χ2v) is 7.39. The average molecular weight is 373 g/mol. The maximum absolute atomic E-state index is 12.2. The van der Waals surface area contributed by atoms with Gasteiger partial charge in [0.1, 0.15) is 0 Å². The Kier molecular flexibility index (Phi) is 5.37. The molecule has 2 rings (SSSR count). The lowest BCUT2D eigenvalue weighted by Crippen LogP contribution is -2.20. The number of hydrazone groups is 1. The minimum Gasteiger partial charge on any atom is -0.267 e. The highest BCUT2D eigenvalue weighted by atomic mass is 79.9. The van der Waals surface area contributed by atoms with Gasteiger partial charge in [-0.25, -0.2) is 5.43 Å². The summed E-state index contributed by atoms with van der Waals surface area (Å²) in [6, 6.07) is 15.4. The predicted molar refractivity (Wildman–Crippen MR) is 99.0 cm³/mol. The van der Waals surface area contributed by atoms with Crippen LogP contribution in [0.4, 0.5) is 0 Å². The normalized spacial score (nSPS) is 12.1. The molecule has 2 aromatic carbocycles. The fourth-order valence-corrected chi connectivity index (χ4v) is 2.34. The van der Waals surface area contributed by atoms with Gasteiger partial charge in [0.25, 0.3) is 5.91 Å². The number of nitrogens with one attached hydrogen (secondary N) is 1. The largest absolute Gasteiger partial charge is 0.271 e. The number of rotatable bonds is 3. The van der Waals surface area contributed by atoms with Crippen molar-refractivity contribution in [2.24, 2.45) is 5.10 Å². The first-order valence-corrected chi connectivity index (χ1v) is 8.28. The average Bonchev–Trinajstić information content (AvgIpc) is 2.52. The summed E-state index contributed by atoms with van der Waals surface area (Å²) in [5.74, 6) is -0.207. The molecule has 0 atom stereocenters. The van der Waals surface area contributed by atoms with Crippen molar-refractivity contribution in [3.63, 3.8) is 0 Å². The van der Waals surface area contributed by atoms with E-state index in [0.717, 1.165) is 15.7 Å². The summed E-state index contributed by atoms with van der Waals surface area (Å²) < 4.78 is 1.01. The highest BCUT2D eigenvalue weighted by molar-refractivity contribution is 9.10. The molecule has 0 unspecified atom stereocenters. The number of benzene rings is 2. The van der Waals surface area contributed by atoms with E-state index in [1.807, 2.05) is 55.5 Å². The van der Waals surface area contributed by atoms with Crippen molar-refractivity contribution in [1.29, 1.82) is 0 Å². The SMILES string of the molecule is CC(=NNC(=O)c1ccc(C(C)(C)C)cc1)c1ccc(Br)cc1. The van der Waals surface area contributed by atoms with E-state index in [-0.39, 0.29) is 11.3 Å². The van der Waals surface area contributed by atoms with E-state index in [1.54, 1.807) is 0 Å². The molecule has 0 aromatic heterocycles. The molecule has 0 saturated heterocycles. The Hall–Kier alpha value is -1.94. The Balaban J connectivity index is 2.07. The summed E-state index contributed by atoms with van der Waals surface area (Å²) in [4.78, 5) is 12.2. The maximum Gasteiger partial charge on any atom is 0.271 e. The van der Waals surface area contributed by atoms with Crippen LogP contribution in [0.1, 0.15) is 49.2 Å². The number of carbonyl (C=O) groups excluding carboxylic acids is 1. The summed E-state index contributed by atoms with van der Waals surface area (Å²) in [6.45, 7) is 8.31. The molecular weight excluding hydrogens is 352 g/mol. The Morgan fingerprint density at radius 2 is 1.48 bits per heavy atom. The van der Waals surface area contributed by atoms with E-state index in [4.69, 9.17) is 0 Å². The first kappa shape index (κ1) is 17.4. The van der Waals surface area contributed by atoms with Crippen molar-refractivity contribution in [3.05, 3.63) is 69.7 Å². The van der Waals surface area contributed by atoms with Gasteiger partial charge in [-0.15, -0.1) is 0 Å². The summed E-state index contributed by atoms with van der Waals surface area (Å²) in [7, 11) is 0. The van der Waals surface area contributed by atoms with E-state index in [0.29, 0.717) is 5.56 Å². The van der Waals surface area contributed by atoms with Gasteiger partial charge in [-0.05, 0) is 47.7 Å². The monoisotopic (exact) mass is 372 g/mol. The highest BCUT2D eigenvalue weighted by Gasteiger charge is 2.14. The predicted octanol–water partition coefficient (Wildman–Crippen LogP) is 4.90. The lowest BCUT2D eigenvalue weighted by Gasteiger charge is -2.18. The van der Waals surface area contributed by atoms with Gasteiger partial charge in [0.15, 0.2) is 0 Å². The van der Waals surface area contributed by atoms with Gasteiger partial charge in [0.05, 0.1) is 5.71 Å². The Bertz CT molecular complexity index is 711. The molecule has 4 heteroatoms. The fourth-order valence-electron chi connectivity index (χ4n) is 2.08. The zero-order chi connectivity index (χ0) is 17.0. The fraction of sp³-hybridized carbons (Fsp3) is 0.263. The summed E-state index contributed by atoms with van der Waals surface area (Å²) in [6.07, 6.45) is 0. The lowest BCUT2D eigenvalue weighted by atomic mass is 9.87. The molecule has 0 saturated carbocycles. The first-order chi connectivity index (χ1) is 10.8. The molecule has 0 aliphatic rings. The molecular formula is C19H21BrN2O. The van der Waals surface area contributed by atoms with Gasteiger partial charge in [-0.3, -0.25) is 4.79 Å². The Morgan fingerprint density at radius 3 is 2.00 bits per heavy atom. The maximum atomic E-state index is 12.2. The molecule has 0 radical (unpaired) electrons. The second kappa shape index (κ2) is 7.09. The van der Waals surface area contributed by atoms with Gasteiger partial charge >= 0.3 is 0 Å². The van der Waals surface area contributed by atoms with Crippen molar-refractivity contribution in [3.8, 4) is 0 Å². The van der Waals surface area contributed by atoms with Crippen molar-refractivity contribution in [2.75, 3.05) is 0 Å². The van der Waals surface area contributed by atoms with Crippen LogP contribution in [0, 0.1) is 0 Å². The van der Waals surface area contributed by atoms with Gasteiger partial charge in [0, 0.05) is 10.0 Å². The number of hydrogen-bond donors (Lipinski definition) is 1. The zero-order valence-corrected chi connectivity index (χ0v) is 15.4. The lowest BCUT2D eigenvalue weighted by molar-refractivity contribution is 0.0955. The Morgan fingerprint density at radius 1 is 0.957 bits per heavy atom. The number of amides is 1. The van der Waals surface area contributed by atoms with Crippen LogP contribution in [0.3, 0.4) is 0 Å². The van der Waals surface area contributed by atoms with Crippen LogP contribution in [0.15, 0.2) is 58.1 Å². The second-order valence-electron chi connectivity index (χ2n) is 6.47. The molecule has 1 amide bonds. The van der Waals surface area contributed by atoms with Crippen molar-refractivity contribution < 1.29 is 4.79 Å². The summed E-state index contributed by atoms with van der Waals surface area (Å²) in [5.41, 5.74) is 6.21. The quantitative estimate of drug-likeness (QED) is 0.603. The van der Waals surface area contributed by atoms with Crippen LogP contribution >= 0.6 is 15.9 Å². The van der Waals surface area contributed by atoms with Crippen LogP contribution < -0.4 is 5.43 Å². The molecule has 0 spiro atoms. The van der Waals surface area contributed by atoms with Crippen LogP contribution in [0.25, 0.3) is 0 Å². The van der Waals surface area contributed by atoms with Crippen LogP contribution in [-0.2, 0) is 5.41 Å². The van der Waals surface area contributed by atoms with Gasteiger partial charge in [-0.1, -0.05) is 61.0 Å². The van der Waals surface area contributed by atoms with Crippen LogP contribution in [0.2, 0.25) is 0 Å². The molecule has 0 aliphatic heterocycles. The van der Waals surface area contributed by atoms with E-state index >= 15 is 0 Å². The zero-order valence-electron chi connectivity index (χ0n) is 13.9. The number of carbonyl (C=O) groups is 1. The molecule has 0 aliphatic carbocycles. The first-order valence-electron chi connectivity index (χ1n) is 7.48. The molecule has 3 nitrogen and oxygen atoms in total. The Labute approximate surface area is 145 Å². The molecule has 23 heavy (non-hydrogen) atoms. The molecule has 1 N–H and O–H groups in total. The molecule has 120 valence electrons. The van der Waals surface area contributed by atoms with Crippen molar-refractivity contribution in [2.45, 2.75) is 33.1 Å². The van der Waals surface area contributed by atoms with E-state index in [2.05, 4.69) is 47.2 Å². The van der Waals surface area contributed by atoms with Gasteiger partial charge < -0.3 is 0 Å². The molecule has 0 bridgehead atoms. The standard InChI is InChI=1S/C19H21BrN2O/c1-13(14-7-11-17(20)12-8-14)21-22-18(23)15-5-9-16(10-6-15)19(2,3)4/h5-12H,1-4H3,(H,22,23). The molecule has 0 heterocycles. The number of halogens is 1.